The lowest BCUT2D eigenvalue weighted by Crippen LogP contribution is -2.37. The summed E-state index contributed by atoms with van der Waals surface area (Å²) in [5, 5.41) is 8.70. The molecular formula is C13H19FN2O2. The molecule has 1 heterocycles. The van der Waals surface area contributed by atoms with Crippen LogP contribution in [0.1, 0.15) is 12.8 Å². The molecule has 100 valence electrons. The quantitative estimate of drug-likeness (QED) is 0.797. The number of para-hydroxylation sites is 1. The summed E-state index contributed by atoms with van der Waals surface area (Å²) in [6.07, 6.45) is 1.93. The van der Waals surface area contributed by atoms with Gasteiger partial charge in [-0.15, -0.1) is 0 Å². The highest BCUT2D eigenvalue weighted by molar-refractivity contribution is 5.68. The predicted molar refractivity (Wildman–Crippen MR) is 69.1 cm³/mol. The third kappa shape index (κ3) is 2.91. The Morgan fingerprint density at radius 2 is 2.11 bits per heavy atom. The second-order valence-electron chi connectivity index (χ2n) is 4.45. The number of benzene rings is 1. The number of hydrogen-bond acceptors (Lipinski definition) is 4. The highest BCUT2D eigenvalue weighted by Gasteiger charge is 2.21. The van der Waals surface area contributed by atoms with Gasteiger partial charge in [0.25, 0.3) is 0 Å². The van der Waals surface area contributed by atoms with Crippen LogP contribution < -0.4 is 10.6 Å². The molecule has 0 radical (unpaired) electrons. The lowest BCUT2D eigenvalue weighted by atomic mass is 10.1. The highest BCUT2D eigenvalue weighted by atomic mass is 19.1. The number of piperidine rings is 1. The van der Waals surface area contributed by atoms with Gasteiger partial charge in [-0.2, -0.15) is 0 Å². The molecule has 0 saturated carbocycles. The summed E-state index contributed by atoms with van der Waals surface area (Å²) in [7, 11) is 0. The van der Waals surface area contributed by atoms with Crippen molar-refractivity contribution in [2.75, 3.05) is 36.9 Å². The fraction of sp³-hybridized carbons (Fsp3) is 0.538. The number of rotatable bonds is 4. The molecule has 0 unspecified atom stereocenters. The Morgan fingerprint density at radius 1 is 1.39 bits per heavy atom. The van der Waals surface area contributed by atoms with Gasteiger partial charge in [0.1, 0.15) is 5.82 Å². The zero-order valence-corrected chi connectivity index (χ0v) is 10.3. The highest BCUT2D eigenvalue weighted by Crippen LogP contribution is 2.28. The van der Waals surface area contributed by atoms with Crippen molar-refractivity contribution in [3.8, 4) is 0 Å². The SMILES string of the molecule is Nc1c(F)cccc1N1CCC(OCCO)CC1. The predicted octanol–water partition coefficient (Wildman–Crippen LogP) is 1.39. The fourth-order valence-corrected chi connectivity index (χ4v) is 2.28. The van der Waals surface area contributed by atoms with Gasteiger partial charge in [0.2, 0.25) is 0 Å². The minimum Gasteiger partial charge on any atom is -0.395 e. The first kappa shape index (κ1) is 13.1. The molecule has 4 nitrogen and oxygen atoms in total. The van der Waals surface area contributed by atoms with Crippen LogP contribution in [-0.4, -0.2) is 37.5 Å². The molecular weight excluding hydrogens is 235 g/mol. The van der Waals surface area contributed by atoms with Crippen molar-refractivity contribution in [2.24, 2.45) is 0 Å². The number of halogens is 1. The van der Waals surface area contributed by atoms with Gasteiger partial charge < -0.3 is 20.5 Å². The molecule has 0 aromatic heterocycles. The van der Waals surface area contributed by atoms with Crippen LogP contribution in [0.15, 0.2) is 18.2 Å². The molecule has 1 fully saturated rings. The molecule has 0 spiro atoms. The summed E-state index contributed by atoms with van der Waals surface area (Å²) in [6, 6.07) is 4.89. The largest absolute Gasteiger partial charge is 0.395 e. The summed E-state index contributed by atoms with van der Waals surface area (Å²) >= 11 is 0. The second-order valence-corrected chi connectivity index (χ2v) is 4.45. The monoisotopic (exact) mass is 254 g/mol. The number of nitrogen functional groups attached to an aromatic ring is 1. The van der Waals surface area contributed by atoms with Crippen LogP contribution in [0, 0.1) is 5.82 Å². The Balaban J connectivity index is 1.95. The molecule has 1 aliphatic heterocycles. The smallest absolute Gasteiger partial charge is 0.148 e. The minimum atomic E-state index is -0.369. The van der Waals surface area contributed by atoms with Gasteiger partial charge in [-0.05, 0) is 25.0 Å². The third-order valence-corrected chi connectivity index (χ3v) is 3.26. The maximum atomic E-state index is 13.4. The third-order valence-electron chi connectivity index (χ3n) is 3.26. The van der Waals surface area contributed by atoms with E-state index in [1.54, 1.807) is 6.07 Å². The van der Waals surface area contributed by atoms with E-state index in [-0.39, 0.29) is 24.2 Å². The van der Waals surface area contributed by atoms with E-state index >= 15 is 0 Å². The van der Waals surface area contributed by atoms with Crippen LogP contribution in [0.3, 0.4) is 0 Å². The molecule has 0 aliphatic carbocycles. The molecule has 3 N–H and O–H groups in total. The van der Waals surface area contributed by atoms with Gasteiger partial charge in [0.15, 0.2) is 0 Å². The Kier molecular flexibility index (Phi) is 4.38. The Hall–Kier alpha value is -1.33. The Bertz CT molecular complexity index is 393. The first-order valence-electron chi connectivity index (χ1n) is 6.23. The second kappa shape index (κ2) is 6.02. The van der Waals surface area contributed by atoms with Crippen molar-refractivity contribution in [1.29, 1.82) is 0 Å². The van der Waals surface area contributed by atoms with E-state index in [2.05, 4.69) is 4.90 Å². The van der Waals surface area contributed by atoms with Crippen molar-refractivity contribution in [1.82, 2.24) is 0 Å². The Morgan fingerprint density at radius 3 is 2.78 bits per heavy atom. The van der Waals surface area contributed by atoms with E-state index in [0.29, 0.717) is 6.61 Å². The van der Waals surface area contributed by atoms with E-state index in [4.69, 9.17) is 15.6 Å². The average Bonchev–Trinajstić information content (AvgIpc) is 2.40. The molecule has 0 bridgehead atoms. The molecule has 1 aromatic carbocycles. The molecule has 18 heavy (non-hydrogen) atoms. The van der Waals surface area contributed by atoms with Gasteiger partial charge in [-0.1, -0.05) is 6.07 Å². The van der Waals surface area contributed by atoms with Crippen molar-refractivity contribution in [3.05, 3.63) is 24.0 Å². The van der Waals surface area contributed by atoms with E-state index in [1.165, 1.54) is 6.07 Å². The molecule has 0 amide bonds. The van der Waals surface area contributed by atoms with Crippen LogP contribution in [0.5, 0.6) is 0 Å². The molecule has 1 aromatic rings. The average molecular weight is 254 g/mol. The van der Waals surface area contributed by atoms with Crippen molar-refractivity contribution in [3.63, 3.8) is 0 Å². The first-order chi connectivity index (χ1) is 8.72. The molecule has 1 saturated heterocycles. The van der Waals surface area contributed by atoms with Gasteiger partial charge in [-0.25, -0.2) is 4.39 Å². The number of aliphatic hydroxyl groups excluding tert-OH is 1. The lowest BCUT2D eigenvalue weighted by molar-refractivity contribution is 0.0159. The Labute approximate surface area is 106 Å². The van der Waals surface area contributed by atoms with E-state index < -0.39 is 0 Å². The summed E-state index contributed by atoms with van der Waals surface area (Å²) in [5.74, 6) is -0.369. The summed E-state index contributed by atoms with van der Waals surface area (Å²) in [4.78, 5) is 2.08. The molecule has 2 rings (SSSR count). The summed E-state index contributed by atoms with van der Waals surface area (Å²) in [5.41, 5.74) is 6.72. The van der Waals surface area contributed by atoms with Crippen LogP contribution in [-0.2, 0) is 4.74 Å². The van der Waals surface area contributed by atoms with Crippen molar-refractivity contribution in [2.45, 2.75) is 18.9 Å². The van der Waals surface area contributed by atoms with Gasteiger partial charge in [0, 0.05) is 13.1 Å². The van der Waals surface area contributed by atoms with E-state index in [0.717, 1.165) is 31.6 Å². The number of nitrogens with two attached hydrogens (primary N) is 1. The number of anilines is 2. The van der Waals surface area contributed by atoms with E-state index in [9.17, 15) is 4.39 Å². The van der Waals surface area contributed by atoms with Gasteiger partial charge in [0.05, 0.1) is 30.7 Å². The summed E-state index contributed by atoms with van der Waals surface area (Å²) in [6.45, 7) is 2.03. The number of hydrogen-bond donors (Lipinski definition) is 2. The number of nitrogens with zero attached hydrogens (tertiary/aromatic N) is 1. The first-order valence-corrected chi connectivity index (χ1v) is 6.23. The minimum absolute atomic E-state index is 0.0526. The number of ether oxygens (including phenoxy) is 1. The maximum absolute atomic E-state index is 13.4. The van der Waals surface area contributed by atoms with Crippen molar-refractivity contribution < 1.29 is 14.2 Å². The fourth-order valence-electron chi connectivity index (χ4n) is 2.28. The molecule has 1 aliphatic rings. The zero-order chi connectivity index (χ0) is 13.0. The standard InChI is InChI=1S/C13H19FN2O2/c14-11-2-1-3-12(13(11)15)16-6-4-10(5-7-16)18-9-8-17/h1-3,10,17H,4-9,15H2. The molecule has 5 heteroatoms. The summed E-state index contributed by atoms with van der Waals surface area (Å²) < 4.78 is 18.9. The van der Waals surface area contributed by atoms with Gasteiger partial charge >= 0.3 is 0 Å². The van der Waals surface area contributed by atoms with Crippen LogP contribution in [0.25, 0.3) is 0 Å². The molecule has 0 atom stereocenters. The van der Waals surface area contributed by atoms with Crippen LogP contribution in [0.2, 0.25) is 0 Å². The topological polar surface area (TPSA) is 58.7 Å². The van der Waals surface area contributed by atoms with Crippen LogP contribution >= 0.6 is 0 Å². The number of aliphatic hydroxyl groups is 1. The van der Waals surface area contributed by atoms with E-state index in [1.807, 2.05) is 6.07 Å². The maximum Gasteiger partial charge on any atom is 0.148 e. The lowest BCUT2D eigenvalue weighted by Gasteiger charge is -2.34. The zero-order valence-electron chi connectivity index (χ0n) is 10.3. The van der Waals surface area contributed by atoms with Crippen LogP contribution in [0.4, 0.5) is 15.8 Å². The van der Waals surface area contributed by atoms with Crippen molar-refractivity contribution >= 4 is 11.4 Å². The normalized spacial score (nSPS) is 17.1. The van der Waals surface area contributed by atoms with Gasteiger partial charge in [-0.3, -0.25) is 0 Å².